The number of likely N-dealkylation sites (N-methyl/N-ethyl adjacent to an activating group) is 1. The van der Waals surface area contributed by atoms with Crippen LogP contribution < -0.4 is 22.7 Å². The Labute approximate surface area is 110 Å². The molecule has 0 fully saturated rings. The zero-order valence-corrected chi connectivity index (χ0v) is 11.9. The predicted molar refractivity (Wildman–Crippen MR) is 65.4 cm³/mol. The highest BCUT2D eigenvalue weighted by atomic mass is 79.9. The summed E-state index contributed by atoms with van der Waals surface area (Å²) in [7, 11) is 0. The molecule has 1 aromatic carbocycles. The molecule has 0 aliphatic heterocycles. The van der Waals surface area contributed by atoms with Gasteiger partial charge in [0.25, 0.3) is 0 Å². The molecule has 0 spiro atoms. The average Bonchev–Trinajstić information content (AvgIpc) is 2.30. The molecule has 0 saturated carbocycles. The minimum atomic E-state index is 0. The molecule has 0 amide bonds. The molecule has 0 aliphatic carbocycles. The molecule has 1 aromatic rings. The summed E-state index contributed by atoms with van der Waals surface area (Å²) >= 11 is 0. The van der Waals surface area contributed by atoms with Crippen LogP contribution in [0.2, 0.25) is 0 Å². The van der Waals surface area contributed by atoms with E-state index in [2.05, 4.69) is 44.2 Å². The third-order valence-electron chi connectivity index (χ3n) is 3.31. The number of hydrogen-bond donors (Lipinski definition) is 1. The van der Waals surface area contributed by atoms with Crippen molar-refractivity contribution in [2.45, 2.75) is 20.4 Å². The van der Waals surface area contributed by atoms with Crippen molar-refractivity contribution in [2.24, 2.45) is 5.73 Å². The number of rotatable bonds is 6. The van der Waals surface area contributed by atoms with E-state index < -0.39 is 0 Å². The maximum absolute atomic E-state index is 5.70. The lowest BCUT2D eigenvalue weighted by Gasteiger charge is -2.36. The topological polar surface area (TPSA) is 26.0 Å². The number of nitrogens with zero attached hydrogens (tertiary/aromatic N) is 1. The molecule has 1 rings (SSSR count). The lowest BCUT2D eigenvalue weighted by atomic mass is 10.1. The van der Waals surface area contributed by atoms with E-state index in [4.69, 9.17) is 5.73 Å². The van der Waals surface area contributed by atoms with Crippen LogP contribution in [0, 0.1) is 0 Å². The van der Waals surface area contributed by atoms with E-state index in [0.717, 1.165) is 37.2 Å². The molecule has 0 heterocycles. The van der Waals surface area contributed by atoms with Gasteiger partial charge in [-0.2, -0.15) is 0 Å². The molecule has 0 bridgehead atoms. The molecule has 3 heteroatoms. The van der Waals surface area contributed by atoms with Crippen LogP contribution in [-0.2, 0) is 6.54 Å². The summed E-state index contributed by atoms with van der Waals surface area (Å²) in [6.07, 6.45) is 0. The summed E-state index contributed by atoms with van der Waals surface area (Å²) in [5.41, 5.74) is 7.12. The van der Waals surface area contributed by atoms with Crippen molar-refractivity contribution >= 4 is 0 Å². The van der Waals surface area contributed by atoms with Crippen LogP contribution in [0.3, 0.4) is 0 Å². The van der Waals surface area contributed by atoms with Crippen LogP contribution in [0.4, 0.5) is 0 Å². The molecule has 0 aliphatic rings. The first-order valence-electron chi connectivity index (χ1n) is 5.85. The number of nitrogens with two attached hydrogens (primary N) is 1. The summed E-state index contributed by atoms with van der Waals surface area (Å²) in [5.74, 6) is 0. The number of benzene rings is 1. The fourth-order valence-corrected chi connectivity index (χ4v) is 2.09. The van der Waals surface area contributed by atoms with Crippen LogP contribution in [0.25, 0.3) is 0 Å². The normalized spacial score (nSPS) is 10.9. The Kier molecular flexibility index (Phi) is 7.64. The van der Waals surface area contributed by atoms with E-state index in [1.807, 2.05) is 0 Å². The second-order valence-electron chi connectivity index (χ2n) is 4.13. The zero-order chi connectivity index (χ0) is 11.1. The Bertz CT molecular complexity index is 271. The molecule has 16 heavy (non-hydrogen) atoms. The number of halogens is 1. The molecule has 2 N–H and O–H groups in total. The van der Waals surface area contributed by atoms with Gasteiger partial charge >= 0.3 is 0 Å². The van der Waals surface area contributed by atoms with Gasteiger partial charge in [-0.15, -0.1) is 0 Å². The van der Waals surface area contributed by atoms with Crippen LogP contribution in [0.1, 0.15) is 19.4 Å². The van der Waals surface area contributed by atoms with Crippen molar-refractivity contribution in [2.75, 3.05) is 26.2 Å². The van der Waals surface area contributed by atoms with Crippen LogP contribution >= 0.6 is 0 Å². The highest BCUT2D eigenvalue weighted by molar-refractivity contribution is 5.13. The monoisotopic (exact) mass is 286 g/mol. The van der Waals surface area contributed by atoms with Crippen LogP contribution in [0.5, 0.6) is 0 Å². The third-order valence-corrected chi connectivity index (χ3v) is 3.31. The van der Waals surface area contributed by atoms with Crippen molar-refractivity contribution in [3.8, 4) is 0 Å². The maximum atomic E-state index is 5.70. The minimum Gasteiger partial charge on any atom is -1.00 e. The van der Waals surface area contributed by atoms with Gasteiger partial charge in [0, 0.05) is 12.1 Å². The zero-order valence-electron chi connectivity index (χ0n) is 10.3. The van der Waals surface area contributed by atoms with Gasteiger partial charge < -0.3 is 27.2 Å². The van der Waals surface area contributed by atoms with Gasteiger partial charge in [-0.3, -0.25) is 0 Å². The van der Waals surface area contributed by atoms with Gasteiger partial charge in [0.15, 0.2) is 0 Å². The molecule has 0 atom stereocenters. The van der Waals surface area contributed by atoms with Crippen molar-refractivity contribution in [1.29, 1.82) is 0 Å². The first kappa shape index (κ1) is 15.6. The lowest BCUT2D eigenvalue weighted by Crippen LogP contribution is -3.00. The van der Waals surface area contributed by atoms with Gasteiger partial charge in [-0.1, -0.05) is 30.3 Å². The summed E-state index contributed by atoms with van der Waals surface area (Å²) < 4.78 is 1.10. The standard InChI is InChI=1S/C13H23N2.BrH/c1-3-15(4-2,11-10-14)12-13-8-6-5-7-9-13;/h5-9H,3-4,10-12,14H2,1-2H3;1H/q+1;/p-1. The smallest absolute Gasteiger partial charge is 0.104 e. The van der Waals surface area contributed by atoms with E-state index >= 15 is 0 Å². The summed E-state index contributed by atoms with van der Waals surface area (Å²) in [4.78, 5) is 0. The Hall–Kier alpha value is -0.380. The number of quaternary nitrogens is 1. The van der Waals surface area contributed by atoms with Gasteiger partial charge in [-0.25, -0.2) is 0 Å². The summed E-state index contributed by atoms with van der Waals surface area (Å²) in [6.45, 7) is 9.76. The van der Waals surface area contributed by atoms with E-state index in [9.17, 15) is 0 Å². The van der Waals surface area contributed by atoms with Gasteiger partial charge in [0.05, 0.1) is 19.6 Å². The highest BCUT2D eigenvalue weighted by Crippen LogP contribution is 2.13. The fourth-order valence-electron chi connectivity index (χ4n) is 2.09. The summed E-state index contributed by atoms with van der Waals surface area (Å²) in [5, 5.41) is 0. The van der Waals surface area contributed by atoms with Crippen LogP contribution in [0.15, 0.2) is 30.3 Å². The summed E-state index contributed by atoms with van der Waals surface area (Å²) in [6, 6.07) is 10.7. The molecule has 0 unspecified atom stereocenters. The molecular formula is C13H23BrN2. The highest BCUT2D eigenvalue weighted by Gasteiger charge is 2.22. The SMILES string of the molecule is CC[N+](CC)(CCN)Cc1ccccc1.[Br-]. The second kappa shape index (κ2) is 7.82. The molecule has 0 saturated heterocycles. The van der Waals surface area contributed by atoms with Crippen molar-refractivity contribution in [3.05, 3.63) is 35.9 Å². The third kappa shape index (κ3) is 4.24. The average molecular weight is 287 g/mol. The van der Waals surface area contributed by atoms with Gasteiger partial charge in [-0.05, 0) is 13.8 Å². The molecular weight excluding hydrogens is 264 g/mol. The molecule has 0 radical (unpaired) electrons. The largest absolute Gasteiger partial charge is 1.00 e. The fraction of sp³-hybridized carbons (Fsp3) is 0.538. The maximum Gasteiger partial charge on any atom is 0.104 e. The molecule has 92 valence electrons. The lowest BCUT2D eigenvalue weighted by molar-refractivity contribution is -0.936. The number of hydrogen-bond acceptors (Lipinski definition) is 1. The van der Waals surface area contributed by atoms with E-state index in [0.29, 0.717) is 0 Å². The van der Waals surface area contributed by atoms with E-state index in [1.54, 1.807) is 0 Å². The van der Waals surface area contributed by atoms with Gasteiger partial charge in [0.2, 0.25) is 0 Å². The molecule has 2 nitrogen and oxygen atoms in total. The van der Waals surface area contributed by atoms with Crippen molar-refractivity contribution in [1.82, 2.24) is 0 Å². The van der Waals surface area contributed by atoms with Crippen LogP contribution in [-0.4, -0.2) is 30.7 Å². The van der Waals surface area contributed by atoms with Gasteiger partial charge in [0.1, 0.15) is 6.54 Å². The Morgan fingerprint density at radius 3 is 2.06 bits per heavy atom. The first-order chi connectivity index (χ1) is 7.26. The quantitative estimate of drug-likeness (QED) is 0.668. The van der Waals surface area contributed by atoms with E-state index in [1.165, 1.54) is 5.56 Å². The first-order valence-corrected chi connectivity index (χ1v) is 5.85. The van der Waals surface area contributed by atoms with Crippen molar-refractivity contribution < 1.29 is 21.5 Å². The predicted octanol–water partition coefficient (Wildman–Crippen LogP) is -0.994. The Balaban J connectivity index is 0.00000225. The second-order valence-corrected chi connectivity index (χ2v) is 4.13. The Morgan fingerprint density at radius 1 is 1.06 bits per heavy atom. The van der Waals surface area contributed by atoms with Crippen molar-refractivity contribution in [3.63, 3.8) is 0 Å². The Morgan fingerprint density at radius 2 is 1.62 bits per heavy atom. The minimum absolute atomic E-state index is 0. The van der Waals surface area contributed by atoms with E-state index in [-0.39, 0.29) is 17.0 Å². The molecule has 0 aromatic heterocycles.